The summed E-state index contributed by atoms with van der Waals surface area (Å²) in [5.41, 5.74) is 11.3. The van der Waals surface area contributed by atoms with Crippen LogP contribution in [0.15, 0.2) is 21.7 Å². The summed E-state index contributed by atoms with van der Waals surface area (Å²) in [5, 5.41) is 7.53. The number of aryl methyl sites for hydroxylation is 1. The van der Waals surface area contributed by atoms with Gasteiger partial charge in [0.05, 0.1) is 6.26 Å². The Labute approximate surface area is 88.1 Å². The molecular weight excluding hydrogens is 194 g/mol. The third-order valence-corrected chi connectivity index (χ3v) is 1.80. The second-order valence-electron chi connectivity index (χ2n) is 3.28. The summed E-state index contributed by atoms with van der Waals surface area (Å²) in [6.07, 6.45) is 1.65. The van der Waals surface area contributed by atoms with Crippen molar-refractivity contribution in [2.24, 2.45) is 16.5 Å². The zero-order valence-corrected chi connectivity index (χ0v) is 8.82. The van der Waals surface area contributed by atoms with E-state index in [9.17, 15) is 0 Å². The summed E-state index contributed by atoms with van der Waals surface area (Å²) < 4.78 is 5.14. The van der Waals surface area contributed by atoms with E-state index in [1.165, 1.54) is 0 Å². The van der Waals surface area contributed by atoms with Crippen LogP contribution in [-0.4, -0.2) is 23.9 Å². The van der Waals surface area contributed by atoms with Gasteiger partial charge < -0.3 is 20.8 Å². The van der Waals surface area contributed by atoms with Gasteiger partial charge in [-0.05, 0) is 13.0 Å². The molecule has 1 rings (SSSR count). The molecule has 6 heteroatoms. The van der Waals surface area contributed by atoms with E-state index in [2.05, 4.69) is 4.99 Å². The first-order valence-electron chi connectivity index (χ1n) is 4.42. The lowest BCUT2D eigenvalue weighted by atomic mass is 10.3. The average Bonchev–Trinajstić information content (AvgIpc) is 2.50. The summed E-state index contributed by atoms with van der Waals surface area (Å²) in [6, 6.07) is 1.90. The Balaban J connectivity index is 2.59. The molecule has 0 saturated carbocycles. The van der Waals surface area contributed by atoms with Crippen molar-refractivity contribution < 1.29 is 4.42 Å². The Morgan fingerprint density at radius 3 is 2.73 bits per heavy atom. The van der Waals surface area contributed by atoms with Crippen LogP contribution < -0.4 is 11.5 Å². The van der Waals surface area contributed by atoms with Gasteiger partial charge in [0, 0.05) is 19.2 Å². The van der Waals surface area contributed by atoms with E-state index in [0.717, 1.165) is 11.3 Å². The lowest BCUT2D eigenvalue weighted by Crippen LogP contribution is -2.30. The van der Waals surface area contributed by atoms with Crippen molar-refractivity contribution in [2.75, 3.05) is 7.05 Å². The predicted octanol–water partition coefficient (Wildman–Crippen LogP) is 0.228. The molecule has 1 aromatic heterocycles. The second-order valence-corrected chi connectivity index (χ2v) is 3.28. The SMILES string of the molecule is Cc1cc(CN(C)C(=N)N=C(N)N)co1. The van der Waals surface area contributed by atoms with Crippen molar-refractivity contribution in [3.63, 3.8) is 0 Å². The second kappa shape index (κ2) is 4.50. The maximum absolute atomic E-state index is 7.53. The van der Waals surface area contributed by atoms with Crippen LogP contribution in [0.3, 0.4) is 0 Å². The third kappa shape index (κ3) is 3.34. The Bertz CT molecular complexity index is 378. The Kier molecular flexibility index (Phi) is 3.33. The monoisotopic (exact) mass is 209 g/mol. The number of hydrogen-bond acceptors (Lipinski definition) is 2. The molecule has 0 aliphatic heterocycles. The van der Waals surface area contributed by atoms with Crippen molar-refractivity contribution in [1.82, 2.24) is 4.90 Å². The van der Waals surface area contributed by atoms with Crippen molar-refractivity contribution in [3.8, 4) is 0 Å². The molecule has 0 aromatic carbocycles. The Morgan fingerprint density at radius 1 is 1.60 bits per heavy atom. The molecule has 0 bridgehead atoms. The van der Waals surface area contributed by atoms with Crippen molar-refractivity contribution >= 4 is 11.9 Å². The number of rotatable bonds is 2. The van der Waals surface area contributed by atoms with Crippen LogP contribution in [0, 0.1) is 12.3 Å². The molecule has 1 heterocycles. The minimum atomic E-state index is -0.116. The Hall–Kier alpha value is -1.98. The third-order valence-electron chi connectivity index (χ3n) is 1.80. The molecule has 0 saturated heterocycles. The van der Waals surface area contributed by atoms with Crippen molar-refractivity contribution in [3.05, 3.63) is 23.7 Å². The molecule has 0 aliphatic carbocycles. The number of guanidine groups is 2. The largest absolute Gasteiger partial charge is 0.469 e. The van der Waals surface area contributed by atoms with Gasteiger partial charge in [0.1, 0.15) is 5.76 Å². The van der Waals surface area contributed by atoms with Crippen molar-refractivity contribution in [2.45, 2.75) is 13.5 Å². The van der Waals surface area contributed by atoms with E-state index in [-0.39, 0.29) is 11.9 Å². The molecule has 0 fully saturated rings. The summed E-state index contributed by atoms with van der Waals surface area (Å²) in [6.45, 7) is 2.40. The van der Waals surface area contributed by atoms with Gasteiger partial charge in [-0.1, -0.05) is 0 Å². The zero-order valence-electron chi connectivity index (χ0n) is 8.82. The van der Waals surface area contributed by atoms with Crippen LogP contribution >= 0.6 is 0 Å². The van der Waals surface area contributed by atoms with Gasteiger partial charge in [-0.3, -0.25) is 5.41 Å². The highest BCUT2D eigenvalue weighted by atomic mass is 16.3. The first-order valence-corrected chi connectivity index (χ1v) is 4.42. The molecule has 0 aliphatic rings. The van der Waals surface area contributed by atoms with Gasteiger partial charge in [0.2, 0.25) is 5.96 Å². The van der Waals surface area contributed by atoms with Crippen LogP contribution in [0.4, 0.5) is 0 Å². The number of hydrogen-bond donors (Lipinski definition) is 3. The van der Waals surface area contributed by atoms with Crippen molar-refractivity contribution in [1.29, 1.82) is 5.41 Å². The van der Waals surface area contributed by atoms with E-state index in [4.69, 9.17) is 21.3 Å². The average molecular weight is 209 g/mol. The molecular formula is C9H15N5O. The maximum Gasteiger partial charge on any atom is 0.221 e. The van der Waals surface area contributed by atoms with Gasteiger partial charge in [-0.2, -0.15) is 4.99 Å². The Morgan fingerprint density at radius 2 is 2.27 bits per heavy atom. The molecule has 0 radical (unpaired) electrons. The highest BCUT2D eigenvalue weighted by Gasteiger charge is 2.06. The molecule has 1 aromatic rings. The van der Waals surface area contributed by atoms with Gasteiger partial charge in [0.15, 0.2) is 5.96 Å². The number of nitrogens with two attached hydrogens (primary N) is 2. The fourth-order valence-corrected chi connectivity index (χ4v) is 1.14. The number of aliphatic imine (C=N–C) groups is 1. The van der Waals surface area contributed by atoms with Gasteiger partial charge >= 0.3 is 0 Å². The van der Waals surface area contributed by atoms with E-state index in [0.29, 0.717) is 6.54 Å². The molecule has 6 nitrogen and oxygen atoms in total. The first-order chi connectivity index (χ1) is 6.99. The van der Waals surface area contributed by atoms with Crippen LogP contribution in [0.5, 0.6) is 0 Å². The molecule has 0 atom stereocenters. The van der Waals surface area contributed by atoms with E-state index >= 15 is 0 Å². The number of nitrogens with one attached hydrogen (secondary N) is 1. The minimum Gasteiger partial charge on any atom is -0.469 e. The van der Waals surface area contributed by atoms with Crippen LogP contribution in [0.1, 0.15) is 11.3 Å². The molecule has 0 spiro atoms. The topological polar surface area (TPSA) is 105 Å². The highest BCUT2D eigenvalue weighted by Crippen LogP contribution is 2.08. The standard InChI is InChI=1S/C9H15N5O/c1-6-3-7(5-15-6)4-14(2)9(12)13-8(10)11/h3,5H,4H2,1-2H3,(H5,10,11,12,13). The molecule has 0 amide bonds. The van der Waals surface area contributed by atoms with Crippen LogP contribution in [-0.2, 0) is 6.54 Å². The molecule has 15 heavy (non-hydrogen) atoms. The molecule has 82 valence electrons. The fourth-order valence-electron chi connectivity index (χ4n) is 1.14. The normalized spacial score (nSPS) is 9.73. The smallest absolute Gasteiger partial charge is 0.221 e. The predicted molar refractivity (Wildman–Crippen MR) is 58.4 cm³/mol. The van der Waals surface area contributed by atoms with Crippen LogP contribution in [0.25, 0.3) is 0 Å². The molecule has 0 unspecified atom stereocenters. The summed E-state index contributed by atoms with van der Waals surface area (Å²) in [4.78, 5) is 5.25. The van der Waals surface area contributed by atoms with E-state index < -0.39 is 0 Å². The quantitative estimate of drug-likeness (QED) is 0.479. The van der Waals surface area contributed by atoms with Crippen LogP contribution in [0.2, 0.25) is 0 Å². The number of nitrogens with zero attached hydrogens (tertiary/aromatic N) is 2. The van der Waals surface area contributed by atoms with Gasteiger partial charge in [-0.15, -0.1) is 0 Å². The fraction of sp³-hybridized carbons (Fsp3) is 0.333. The summed E-state index contributed by atoms with van der Waals surface area (Å²) >= 11 is 0. The van der Waals surface area contributed by atoms with Gasteiger partial charge in [0.25, 0.3) is 0 Å². The minimum absolute atomic E-state index is 0.0221. The molecule has 5 N–H and O–H groups in total. The lowest BCUT2D eigenvalue weighted by molar-refractivity contribution is 0.481. The summed E-state index contributed by atoms with van der Waals surface area (Å²) in [7, 11) is 1.73. The highest BCUT2D eigenvalue weighted by molar-refractivity contribution is 5.91. The van der Waals surface area contributed by atoms with E-state index in [1.54, 1.807) is 18.2 Å². The number of furan rings is 1. The summed E-state index contributed by atoms with van der Waals surface area (Å²) in [5.74, 6) is 0.746. The maximum atomic E-state index is 7.53. The van der Waals surface area contributed by atoms with Gasteiger partial charge in [-0.25, -0.2) is 0 Å². The zero-order chi connectivity index (χ0) is 11.4. The first kappa shape index (κ1) is 11.1. The lowest BCUT2D eigenvalue weighted by Gasteiger charge is -2.15. The van der Waals surface area contributed by atoms with E-state index in [1.807, 2.05) is 13.0 Å².